The Bertz CT molecular complexity index is 1100. The minimum Gasteiger partial charge on any atom is -0.480 e. The van der Waals surface area contributed by atoms with Gasteiger partial charge in [-0.1, -0.05) is 18.2 Å². The molecule has 3 atom stereocenters. The van der Waals surface area contributed by atoms with Crippen LogP contribution >= 0.6 is 0 Å². The summed E-state index contributed by atoms with van der Waals surface area (Å²) in [5, 5.41) is 14.9. The SMILES string of the molecule is NC(=O)CC(NC(=O)C(N)Cc1c[nH]c2ccccc12)C(=O)NCC(=O)N1CCCC1C(=O)O. The summed E-state index contributed by atoms with van der Waals surface area (Å²) in [6, 6.07) is 4.24. The first-order valence-corrected chi connectivity index (χ1v) is 10.9. The van der Waals surface area contributed by atoms with Gasteiger partial charge in [-0.25, -0.2) is 4.79 Å². The molecule has 1 aliphatic heterocycles. The molecule has 1 aromatic carbocycles. The van der Waals surface area contributed by atoms with Crippen molar-refractivity contribution in [1.29, 1.82) is 0 Å². The van der Waals surface area contributed by atoms with Crippen LogP contribution in [0.1, 0.15) is 24.8 Å². The molecule has 0 aliphatic carbocycles. The lowest BCUT2D eigenvalue weighted by molar-refractivity contribution is -0.148. The van der Waals surface area contributed by atoms with Crippen molar-refractivity contribution in [3.8, 4) is 0 Å². The number of carbonyl (C=O) groups is 5. The smallest absolute Gasteiger partial charge is 0.326 e. The van der Waals surface area contributed by atoms with Gasteiger partial charge in [0.25, 0.3) is 0 Å². The lowest BCUT2D eigenvalue weighted by Crippen LogP contribution is -2.54. The number of aromatic nitrogens is 1. The molecule has 3 unspecified atom stereocenters. The van der Waals surface area contributed by atoms with E-state index in [1.54, 1.807) is 6.20 Å². The zero-order chi connectivity index (χ0) is 24.8. The van der Waals surface area contributed by atoms with Crippen molar-refractivity contribution in [2.75, 3.05) is 13.1 Å². The molecule has 0 radical (unpaired) electrons. The Morgan fingerprint density at radius 3 is 2.62 bits per heavy atom. The number of hydrogen-bond donors (Lipinski definition) is 6. The van der Waals surface area contributed by atoms with Gasteiger partial charge in [-0.05, 0) is 30.9 Å². The monoisotopic (exact) mass is 472 g/mol. The number of likely N-dealkylation sites (tertiary alicyclic amines) is 1. The maximum atomic E-state index is 12.6. The maximum absolute atomic E-state index is 12.6. The summed E-state index contributed by atoms with van der Waals surface area (Å²) < 4.78 is 0. The second kappa shape index (κ2) is 10.8. The first kappa shape index (κ1) is 24.7. The zero-order valence-electron chi connectivity index (χ0n) is 18.5. The standard InChI is InChI=1S/C22H28N6O6/c23-14(8-12-10-25-15-5-2-1-4-13(12)15)20(31)27-16(9-18(24)29)21(32)26-11-19(30)28-7-3-6-17(28)22(33)34/h1-2,4-5,10,14,16-17,25H,3,6-9,11,23H2,(H2,24,29)(H,26,32)(H,27,31)(H,33,34). The fourth-order valence-corrected chi connectivity index (χ4v) is 4.03. The molecule has 2 aromatic rings. The van der Waals surface area contributed by atoms with Crippen molar-refractivity contribution < 1.29 is 29.1 Å². The van der Waals surface area contributed by atoms with Crippen LogP contribution in [0.5, 0.6) is 0 Å². The number of carboxylic acids is 1. The van der Waals surface area contributed by atoms with Crippen LogP contribution < -0.4 is 22.1 Å². The molecule has 1 fully saturated rings. The van der Waals surface area contributed by atoms with Gasteiger partial charge in [0.1, 0.15) is 12.1 Å². The van der Waals surface area contributed by atoms with Crippen molar-refractivity contribution >= 4 is 40.5 Å². The second-order valence-electron chi connectivity index (χ2n) is 8.20. The largest absolute Gasteiger partial charge is 0.480 e. The number of carbonyl (C=O) groups excluding carboxylic acids is 4. The maximum Gasteiger partial charge on any atom is 0.326 e. The summed E-state index contributed by atoms with van der Waals surface area (Å²) in [6.07, 6.45) is 2.33. The average Bonchev–Trinajstić information content (AvgIpc) is 3.44. The van der Waals surface area contributed by atoms with Gasteiger partial charge in [-0.3, -0.25) is 19.2 Å². The van der Waals surface area contributed by atoms with Crippen molar-refractivity contribution in [3.63, 3.8) is 0 Å². The van der Waals surface area contributed by atoms with Crippen molar-refractivity contribution in [2.45, 2.75) is 43.8 Å². The van der Waals surface area contributed by atoms with E-state index in [9.17, 15) is 29.1 Å². The molecule has 8 N–H and O–H groups in total. The van der Waals surface area contributed by atoms with Crippen LogP contribution in [0.25, 0.3) is 10.9 Å². The molecule has 1 aliphatic rings. The number of nitrogens with zero attached hydrogens (tertiary/aromatic N) is 1. The molecule has 1 aromatic heterocycles. The third kappa shape index (κ3) is 5.90. The Balaban J connectivity index is 1.59. The van der Waals surface area contributed by atoms with E-state index in [1.807, 2.05) is 24.3 Å². The van der Waals surface area contributed by atoms with Gasteiger partial charge in [0, 0.05) is 23.6 Å². The highest BCUT2D eigenvalue weighted by Crippen LogP contribution is 2.19. The van der Waals surface area contributed by atoms with Crippen LogP contribution in [-0.2, 0) is 30.4 Å². The van der Waals surface area contributed by atoms with Gasteiger partial charge in [0.15, 0.2) is 0 Å². The molecular weight excluding hydrogens is 444 g/mol. The van der Waals surface area contributed by atoms with Crippen molar-refractivity contribution in [1.82, 2.24) is 20.5 Å². The number of nitrogens with one attached hydrogen (secondary N) is 3. The number of hydrogen-bond acceptors (Lipinski definition) is 6. The molecule has 12 heteroatoms. The number of benzene rings is 1. The van der Waals surface area contributed by atoms with E-state index in [0.29, 0.717) is 12.8 Å². The number of H-pyrrole nitrogens is 1. The lowest BCUT2D eigenvalue weighted by atomic mass is 10.0. The predicted molar refractivity (Wildman–Crippen MR) is 121 cm³/mol. The Labute approximate surface area is 195 Å². The number of amides is 4. The average molecular weight is 473 g/mol. The Hall–Kier alpha value is -3.93. The summed E-state index contributed by atoms with van der Waals surface area (Å²) in [7, 11) is 0. The Morgan fingerprint density at radius 1 is 1.18 bits per heavy atom. The quantitative estimate of drug-likeness (QED) is 0.244. The van der Waals surface area contributed by atoms with E-state index in [1.165, 1.54) is 4.90 Å². The number of para-hydroxylation sites is 1. The van der Waals surface area contributed by atoms with Crippen LogP contribution in [0, 0.1) is 0 Å². The van der Waals surface area contributed by atoms with Crippen LogP contribution in [-0.4, -0.2) is 75.8 Å². The third-order valence-electron chi connectivity index (χ3n) is 5.76. The molecule has 34 heavy (non-hydrogen) atoms. The van der Waals surface area contributed by atoms with E-state index in [2.05, 4.69) is 15.6 Å². The van der Waals surface area contributed by atoms with E-state index in [-0.39, 0.29) is 13.0 Å². The fraction of sp³-hybridized carbons (Fsp3) is 0.409. The molecular formula is C22H28N6O6. The number of fused-ring (bicyclic) bond motifs is 1. The third-order valence-corrected chi connectivity index (χ3v) is 5.76. The van der Waals surface area contributed by atoms with Crippen molar-refractivity contribution in [3.05, 3.63) is 36.0 Å². The normalized spacial score (nSPS) is 17.2. The fourth-order valence-electron chi connectivity index (χ4n) is 4.03. The number of aromatic amines is 1. The number of rotatable bonds is 10. The van der Waals surface area contributed by atoms with Gasteiger partial charge < -0.3 is 37.1 Å². The summed E-state index contributed by atoms with van der Waals surface area (Å²) in [6.45, 7) is -0.203. The molecule has 3 rings (SSSR count). The number of nitrogens with two attached hydrogens (primary N) is 2. The molecule has 4 amide bonds. The lowest BCUT2D eigenvalue weighted by Gasteiger charge is -2.23. The first-order valence-electron chi connectivity index (χ1n) is 10.9. The van der Waals surface area contributed by atoms with E-state index in [4.69, 9.17) is 11.5 Å². The summed E-state index contributed by atoms with van der Waals surface area (Å²) in [5.41, 5.74) is 13.0. The first-order chi connectivity index (χ1) is 16.2. The van der Waals surface area contributed by atoms with Crippen LogP contribution in [0.2, 0.25) is 0 Å². The number of carboxylic acid groups (broad SMARTS) is 1. The Kier molecular flexibility index (Phi) is 7.84. The van der Waals surface area contributed by atoms with E-state index >= 15 is 0 Å². The summed E-state index contributed by atoms with van der Waals surface area (Å²) in [5.74, 6) is -3.98. The van der Waals surface area contributed by atoms with Crippen molar-refractivity contribution in [2.24, 2.45) is 11.5 Å². The topological polar surface area (TPSA) is 201 Å². The highest BCUT2D eigenvalue weighted by atomic mass is 16.4. The minimum atomic E-state index is -1.33. The predicted octanol–water partition coefficient (Wildman–Crippen LogP) is -1.41. The second-order valence-corrected chi connectivity index (χ2v) is 8.20. The van der Waals surface area contributed by atoms with Gasteiger partial charge >= 0.3 is 5.97 Å². The molecule has 0 spiro atoms. The van der Waals surface area contributed by atoms with Crippen LogP contribution in [0.15, 0.2) is 30.5 Å². The number of primary amides is 1. The minimum absolute atomic E-state index is 0.185. The van der Waals surface area contributed by atoms with Gasteiger partial charge in [0.05, 0.1) is 19.0 Å². The molecule has 0 bridgehead atoms. The molecule has 2 heterocycles. The summed E-state index contributed by atoms with van der Waals surface area (Å²) in [4.78, 5) is 64.6. The molecule has 182 valence electrons. The van der Waals surface area contributed by atoms with Gasteiger partial charge in [0.2, 0.25) is 23.6 Å². The summed E-state index contributed by atoms with van der Waals surface area (Å²) >= 11 is 0. The zero-order valence-corrected chi connectivity index (χ0v) is 18.5. The van der Waals surface area contributed by atoms with Gasteiger partial charge in [-0.15, -0.1) is 0 Å². The molecule has 12 nitrogen and oxygen atoms in total. The Morgan fingerprint density at radius 2 is 1.91 bits per heavy atom. The molecule has 0 saturated carbocycles. The highest BCUT2D eigenvalue weighted by molar-refractivity contribution is 5.95. The van der Waals surface area contributed by atoms with Crippen LogP contribution in [0.3, 0.4) is 0 Å². The highest BCUT2D eigenvalue weighted by Gasteiger charge is 2.34. The van der Waals surface area contributed by atoms with Gasteiger partial charge in [-0.2, -0.15) is 0 Å². The molecule has 1 saturated heterocycles. The van der Waals surface area contributed by atoms with E-state index < -0.39 is 60.7 Å². The van der Waals surface area contributed by atoms with Crippen LogP contribution in [0.4, 0.5) is 0 Å². The number of aliphatic carboxylic acids is 1. The van der Waals surface area contributed by atoms with E-state index in [0.717, 1.165) is 16.5 Å².